The summed E-state index contributed by atoms with van der Waals surface area (Å²) in [6, 6.07) is 11.7. The zero-order valence-corrected chi connectivity index (χ0v) is 15.3. The lowest BCUT2D eigenvalue weighted by atomic mass is 9.98. The number of nitrogens with zero attached hydrogens (tertiary/aromatic N) is 4. The van der Waals surface area contributed by atoms with Gasteiger partial charge in [0.2, 0.25) is 0 Å². The fraction of sp³-hybridized carbons (Fsp3) is 0.190. The molecule has 6 rings (SSSR count). The summed E-state index contributed by atoms with van der Waals surface area (Å²) in [5, 5.41) is 17.3. The number of hydrogen-bond donors (Lipinski definition) is 1. The minimum absolute atomic E-state index is 0.188. The first kappa shape index (κ1) is 15.1. The molecule has 0 spiro atoms. The summed E-state index contributed by atoms with van der Waals surface area (Å²) in [5.74, 6) is 1.28. The van der Waals surface area contributed by atoms with E-state index < -0.39 is 0 Å². The van der Waals surface area contributed by atoms with E-state index in [9.17, 15) is 5.11 Å². The summed E-state index contributed by atoms with van der Waals surface area (Å²) >= 11 is 1.82. The lowest BCUT2D eigenvalue weighted by Crippen LogP contribution is -2.01. The number of aromatic hydroxyl groups is 1. The zero-order chi connectivity index (χ0) is 18.0. The van der Waals surface area contributed by atoms with E-state index in [4.69, 9.17) is 5.10 Å². The Morgan fingerprint density at radius 2 is 1.85 bits per heavy atom. The molecule has 0 bridgehead atoms. The Hall–Kier alpha value is -2.99. The molecule has 1 aliphatic carbocycles. The quantitative estimate of drug-likeness (QED) is 0.461. The number of phenols is 1. The molecule has 132 valence electrons. The Balaban J connectivity index is 1.62. The standard InChI is InChI=1S/C21H16N4OS/c26-16-10-13-6-2-1-5-12(13)9-15(16)20-23-21-22-11-18-19(25(21)24-20)14-7-3-4-8-17(14)27-18/h1-2,5-6,9-11,26H,3-4,7-8H2. The maximum Gasteiger partial charge on any atom is 0.253 e. The van der Waals surface area contributed by atoms with Gasteiger partial charge in [0, 0.05) is 4.88 Å². The van der Waals surface area contributed by atoms with Crippen LogP contribution < -0.4 is 0 Å². The van der Waals surface area contributed by atoms with Gasteiger partial charge in [-0.2, -0.15) is 9.50 Å². The van der Waals surface area contributed by atoms with Crippen LogP contribution in [-0.2, 0) is 12.8 Å². The third kappa shape index (κ3) is 2.20. The number of aromatic nitrogens is 4. The van der Waals surface area contributed by atoms with Crippen LogP contribution in [0, 0.1) is 0 Å². The highest BCUT2D eigenvalue weighted by Gasteiger charge is 2.21. The molecular formula is C21H16N4OS. The fourth-order valence-electron chi connectivity index (χ4n) is 4.07. The van der Waals surface area contributed by atoms with E-state index >= 15 is 0 Å². The average molecular weight is 372 g/mol. The molecule has 0 atom stereocenters. The highest BCUT2D eigenvalue weighted by molar-refractivity contribution is 7.19. The van der Waals surface area contributed by atoms with E-state index in [1.54, 1.807) is 6.07 Å². The van der Waals surface area contributed by atoms with Gasteiger partial charge in [0.15, 0.2) is 5.82 Å². The number of benzene rings is 2. The molecule has 0 fully saturated rings. The molecule has 5 nitrogen and oxygen atoms in total. The summed E-state index contributed by atoms with van der Waals surface area (Å²) in [7, 11) is 0. The molecule has 1 aliphatic rings. The molecule has 2 aromatic carbocycles. The number of aryl methyl sites for hydroxylation is 2. The van der Waals surface area contributed by atoms with Gasteiger partial charge in [0.05, 0.1) is 22.0 Å². The second-order valence-electron chi connectivity index (χ2n) is 7.05. The summed E-state index contributed by atoms with van der Waals surface area (Å²) < 4.78 is 3.02. The molecule has 0 radical (unpaired) electrons. The fourth-order valence-corrected chi connectivity index (χ4v) is 5.31. The van der Waals surface area contributed by atoms with E-state index in [0.717, 1.165) is 33.8 Å². The van der Waals surface area contributed by atoms with E-state index in [-0.39, 0.29) is 5.75 Å². The second kappa shape index (κ2) is 5.50. The van der Waals surface area contributed by atoms with Crippen molar-refractivity contribution in [2.75, 3.05) is 0 Å². The van der Waals surface area contributed by atoms with Crippen LogP contribution in [0.1, 0.15) is 23.3 Å². The third-order valence-corrected chi connectivity index (χ3v) is 6.59. The molecule has 0 aliphatic heterocycles. The molecule has 0 saturated carbocycles. The Labute approximate surface area is 158 Å². The molecule has 6 heteroatoms. The topological polar surface area (TPSA) is 63.3 Å². The summed E-state index contributed by atoms with van der Waals surface area (Å²) in [6.07, 6.45) is 6.61. The first-order valence-corrected chi connectivity index (χ1v) is 9.98. The van der Waals surface area contributed by atoms with Crippen molar-refractivity contribution < 1.29 is 5.11 Å². The normalized spacial score (nSPS) is 14.2. The highest BCUT2D eigenvalue weighted by Crippen LogP contribution is 2.37. The van der Waals surface area contributed by atoms with E-state index in [2.05, 4.69) is 9.97 Å². The van der Waals surface area contributed by atoms with Crippen LogP contribution in [-0.4, -0.2) is 24.7 Å². The molecule has 27 heavy (non-hydrogen) atoms. The van der Waals surface area contributed by atoms with Crippen LogP contribution in [0.15, 0.2) is 42.6 Å². The van der Waals surface area contributed by atoms with E-state index in [1.807, 2.05) is 52.4 Å². The van der Waals surface area contributed by atoms with Crippen molar-refractivity contribution in [3.8, 4) is 17.1 Å². The number of phenolic OH excluding ortho intramolecular Hbond substituents is 1. The first-order chi connectivity index (χ1) is 13.3. The number of fused-ring (bicyclic) bond motifs is 6. The Kier molecular flexibility index (Phi) is 3.08. The largest absolute Gasteiger partial charge is 0.507 e. The predicted molar refractivity (Wildman–Crippen MR) is 107 cm³/mol. The van der Waals surface area contributed by atoms with Crippen LogP contribution in [0.25, 0.3) is 38.2 Å². The molecule has 0 saturated heterocycles. The van der Waals surface area contributed by atoms with E-state index in [0.29, 0.717) is 17.2 Å². The van der Waals surface area contributed by atoms with Gasteiger partial charge in [-0.25, -0.2) is 4.98 Å². The van der Waals surface area contributed by atoms with Gasteiger partial charge in [-0.15, -0.1) is 16.4 Å². The SMILES string of the molecule is Oc1cc2ccccc2cc1-c1nc2ncc3sc4c(c3n2n1)CCCC4. The smallest absolute Gasteiger partial charge is 0.253 e. The van der Waals surface area contributed by atoms with Crippen LogP contribution in [0.4, 0.5) is 0 Å². The summed E-state index contributed by atoms with van der Waals surface area (Å²) in [6.45, 7) is 0. The molecule has 3 heterocycles. The van der Waals surface area contributed by atoms with Crippen LogP contribution in [0.3, 0.4) is 0 Å². The summed E-state index contributed by atoms with van der Waals surface area (Å²) in [5.41, 5.74) is 3.17. The van der Waals surface area contributed by atoms with Gasteiger partial charge in [-0.1, -0.05) is 24.3 Å². The third-order valence-electron chi connectivity index (χ3n) is 5.37. The van der Waals surface area contributed by atoms with Gasteiger partial charge in [0.1, 0.15) is 5.75 Å². The molecule has 5 aromatic rings. The summed E-state index contributed by atoms with van der Waals surface area (Å²) in [4.78, 5) is 10.6. The van der Waals surface area contributed by atoms with Crippen molar-refractivity contribution in [3.63, 3.8) is 0 Å². The number of rotatable bonds is 1. The zero-order valence-electron chi connectivity index (χ0n) is 14.5. The van der Waals surface area contributed by atoms with Crippen LogP contribution in [0.5, 0.6) is 5.75 Å². The van der Waals surface area contributed by atoms with Gasteiger partial charge in [0.25, 0.3) is 5.78 Å². The van der Waals surface area contributed by atoms with E-state index in [1.165, 1.54) is 23.3 Å². The maximum atomic E-state index is 10.5. The first-order valence-electron chi connectivity index (χ1n) is 9.16. The minimum Gasteiger partial charge on any atom is -0.507 e. The lowest BCUT2D eigenvalue weighted by molar-refractivity contribution is 0.477. The second-order valence-corrected chi connectivity index (χ2v) is 8.18. The van der Waals surface area contributed by atoms with Crippen molar-refractivity contribution in [2.24, 2.45) is 0 Å². The van der Waals surface area contributed by atoms with Crippen LogP contribution >= 0.6 is 11.3 Å². The Morgan fingerprint density at radius 3 is 2.74 bits per heavy atom. The highest BCUT2D eigenvalue weighted by atomic mass is 32.1. The van der Waals surface area contributed by atoms with Gasteiger partial charge in [-0.3, -0.25) is 0 Å². The molecule has 0 unspecified atom stereocenters. The molecule has 1 N–H and O–H groups in total. The average Bonchev–Trinajstić information content (AvgIpc) is 3.28. The molecular weight excluding hydrogens is 356 g/mol. The van der Waals surface area contributed by atoms with Crippen molar-refractivity contribution in [1.82, 2.24) is 19.6 Å². The van der Waals surface area contributed by atoms with Gasteiger partial charge < -0.3 is 5.11 Å². The molecule has 0 amide bonds. The van der Waals surface area contributed by atoms with Crippen molar-refractivity contribution in [1.29, 1.82) is 0 Å². The minimum atomic E-state index is 0.188. The van der Waals surface area contributed by atoms with Crippen molar-refractivity contribution >= 4 is 38.1 Å². The van der Waals surface area contributed by atoms with Gasteiger partial charge >= 0.3 is 0 Å². The predicted octanol–water partition coefficient (Wildman–Crippen LogP) is 4.74. The molecule has 3 aromatic heterocycles. The number of thiophene rings is 1. The number of hydrogen-bond acceptors (Lipinski definition) is 5. The van der Waals surface area contributed by atoms with Crippen LogP contribution in [0.2, 0.25) is 0 Å². The van der Waals surface area contributed by atoms with Crippen molar-refractivity contribution in [2.45, 2.75) is 25.7 Å². The van der Waals surface area contributed by atoms with Gasteiger partial charge in [-0.05, 0) is 54.2 Å². The monoisotopic (exact) mass is 372 g/mol. The Bertz CT molecular complexity index is 1350. The Morgan fingerprint density at radius 1 is 1.04 bits per heavy atom. The lowest BCUT2D eigenvalue weighted by Gasteiger charge is -2.10. The van der Waals surface area contributed by atoms with Crippen molar-refractivity contribution in [3.05, 3.63) is 53.0 Å². The maximum absolute atomic E-state index is 10.5.